The molecule has 0 saturated carbocycles. The minimum Gasteiger partial charge on any atom is -0.393 e. The molecule has 1 aromatic heterocycles. The van der Waals surface area contributed by atoms with Gasteiger partial charge < -0.3 is 16.4 Å². The van der Waals surface area contributed by atoms with Crippen LogP contribution in [0.25, 0.3) is 0 Å². The molecule has 100 valence electrons. The number of rotatable bonds is 6. The van der Waals surface area contributed by atoms with E-state index >= 15 is 0 Å². The average Bonchev–Trinajstić information content (AvgIpc) is 2.34. The van der Waals surface area contributed by atoms with Gasteiger partial charge in [-0.25, -0.2) is 9.97 Å². The molecule has 6 nitrogen and oxygen atoms in total. The van der Waals surface area contributed by atoms with E-state index in [9.17, 15) is 4.79 Å². The Bertz CT molecular complexity index is 412. The predicted octanol–water partition coefficient (Wildman–Crippen LogP) is 1.43. The standard InChI is InChI=1S/C11H18ClN5O/c1-3-7(2)17-8(18)4-5-14-11-9(13)10(12)15-6-16-11/h6-7H,3-5,13H2,1-2H3,(H,17,18)(H,14,15,16). The minimum absolute atomic E-state index is 0.00410. The second kappa shape index (κ2) is 7.00. The lowest BCUT2D eigenvalue weighted by molar-refractivity contribution is -0.121. The maximum Gasteiger partial charge on any atom is 0.221 e. The number of anilines is 2. The lowest BCUT2D eigenvalue weighted by Crippen LogP contribution is -2.33. The number of halogens is 1. The van der Waals surface area contributed by atoms with Crippen LogP contribution in [0, 0.1) is 0 Å². The highest BCUT2D eigenvalue weighted by atomic mass is 35.5. The SMILES string of the molecule is CCC(C)NC(=O)CCNc1ncnc(Cl)c1N. The molecule has 1 amide bonds. The Labute approximate surface area is 111 Å². The van der Waals surface area contributed by atoms with Gasteiger partial charge in [-0.05, 0) is 13.3 Å². The average molecular weight is 272 g/mol. The van der Waals surface area contributed by atoms with Crippen molar-refractivity contribution in [2.45, 2.75) is 32.7 Å². The summed E-state index contributed by atoms with van der Waals surface area (Å²) in [5, 5.41) is 6.03. The molecular weight excluding hydrogens is 254 g/mol. The molecule has 1 unspecified atom stereocenters. The number of carbonyl (C=O) groups excluding carboxylic acids is 1. The molecule has 1 aromatic rings. The van der Waals surface area contributed by atoms with E-state index in [2.05, 4.69) is 20.6 Å². The number of carbonyl (C=O) groups is 1. The first-order valence-corrected chi connectivity index (χ1v) is 6.21. The first kappa shape index (κ1) is 14.5. The molecule has 0 aliphatic carbocycles. The monoisotopic (exact) mass is 271 g/mol. The number of aromatic nitrogens is 2. The third-order valence-electron chi connectivity index (χ3n) is 2.50. The van der Waals surface area contributed by atoms with Crippen LogP contribution in [-0.4, -0.2) is 28.5 Å². The van der Waals surface area contributed by atoms with Crippen LogP contribution in [0.5, 0.6) is 0 Å². The first-order chi connectivity index (χ1) is 8.54. The molecule has 0 aromatic carbocycles. The topological polar surface area (TPSA) is 92.9 Å². The van der Waals surface area contributed by atoms with Crippen molar-refractivity contribution in [2.75, 3.05) is 17.6 Å². The van der Waals surface area contributed by atoms with E-state index in [1.165, 1.54) is 6.33 Å². The minimum atomic E-state index is -0.00410. The molecule has 1 atom stereocenters. The molecule has 0 aliphatic heterocycles. The second-order valence-corrected chi connectivity index (χ2v) is 4.34. The summed E-state index contributed by atoms with van der Waals surface area (Å²) in [6.45, 7) is 4.43. The van der Waals surface area contributed by atoms with E-state index in [1.807, 2.05) is 13.8 Å². The zero-order valence-corrected chi connectivity index (χ0v) is 11.3. The molecule has 0 fully saturated rings. The van der Waals surface area contributed by atoms with Crippen molar-refractivity contribution in [3.05, 3.63) is 11.5 Å². The van der Waals surface area contributed by atoms with Crippen molar-refractivity contribution in [3.8, 4) is 0 Å². The fourth-order valence-corrected chi connectivity index (χ4v) is 1.39. The highest BCUT2D eigenvalue weighted by molar-refractivity contribution is 6.32. The number of nitrogens with zero attached hydrogens (tertiary/aromatic N) is 2. The summed E-state index contributed by atoms with van der Waals surface area (Å²) in [5.74, 6) is 0.446. The first-order valence-electron chi connectivity index (χ1n) is 5.83. The van der Waals surface area contributed by atoms with E-state index in [4.69, 9.17) is 17.3 Å². The normalized spacial score (nSPS) is 11.9. The number of amides is 1. The molecular formula is C11H18ClN5O. The van der Waals surface area contributed by atoms with Crippen molar-refractivity contribution in [1.82, 2.24) is 15.3 Å². The third-order valence-corrected chi connectivity index (χ3v) is 2.80. The quantitative estimate of drug-likeness (QED) is 0.681. The number of nitrogens with two attached hydrogens (primary N) is 1. The van der Waals surface area contributed by atoms with Gasteiger partial charge >= 0.3 is 0 Å². The molecule has 4 N–H and O–H groups in total. The Balaban J connectivity index is 2.38. The van der Waals surface area contributed by atoms with Crippen LogP contribution in [0.1, 0.15) is 26.7 Å². The van der Waals surface area contributed by atoms with Gasteiger partial charge in [0.25, 0.3) is 0 Å². The van der Waals surface area contributed by atoms with E-state index in [0.29, 0.717) is 24.5 Å². The summed E-state index contributed by atoms with van der Waals surface area (Å²) >= 11 is 5.75. The van der Waals surface area contributed by atoms with E-state index in [-0.39, 0.29) is 17.1 Å². The van der Waals surface area contributed by atoms with Crippen molar-refractivity contribution >= 4 is 29.0 Å². The van der Waals surface area contributed by atoms with Gasteiger partial charge in [0.1, 0.15) is 12.0 Å². The van der Waals surface area contributed by atoms with Crippen LogP contribution in [0.15, 0.2) is 6.33 Å². The fourth-order valence-electron chi connectivity index (χ4n) is 1.26. The maximum absolute atomic E-state index is 11.5. The fraction of sp³-hybridized carbons (Fsp3) is 0.545. The predicted molar refractivity (Wildman–Crippen MR) is 72.5 cm³/mol. The number of hydrogen-bond donors (Lipinski definition) is 3. The summed E-state index contributed by atoms with van der Waals surface area (Å²) in [6, 6.07) is 0.191. The molecule has 0 aliphatic rings. The van der Waals surface area contributed by atoms with Crippen LogP contribution >= 0.6 is 11.6 Å². The van der Waals surface area contributed by atoms with Crippen molar-refractivity contribution < 1.29 is 4.79 Å². The van der Waals surface area contributed by atoms with Crippen LogP contribution in [0.3, 0.4) is 0 Å². The van der Waals surface area contributed by atoms with Crippen LogP contribution in [0.4, 0.5) is 11.5 Å². The lowest BCUT2D eigenvalue weighted by Gasteiger charge is -2.12. The van der Waals surface area contributed by atoms with E-state index in [1.54, 1.807) is 0 Å². The Morgan fingerprint density at radius 2 is 2.28 bits per heavy atom. The van der Waals surface area contributed by atoms with E-state index < -0.39 is 0 Å². The molecule has 0 spiro atoms. The van der Waals surface area contributed by atoms with Gasteiger partial charge in [0.2, 0.25) is 5.91 Å². The Morgan fingerprint density at radius 1 is 1.56 bits per heavy atom. The Kier molecular flexibility index (Phi) is 5.64. The van der Waals surface area contributed by atoms with Crippen LogP contribution < -0.4 is 16.4 Å². The zero-order valence-electron chi connectivity index (χ0n) is 10.5. The molecule has 1 heterocycles. The second-order valence-electron chi connectivity index (χ2n) is 3.98. The van der Waals surface area contributed by atoms with Crippen molar-refractivity contribution in [3.63, 3.8) is 0 Å². The molecule has 1 rings (SSSR count). The molecule has 0 radical (unpaired) electrons. The van der Waals surface area contributed by atoms with Gasteiger partial charge in [0.15, 0.2) is 11.0 Å². The van der Waals surface area contributed by atoms with E-state index in [0.717, 1.165) is 6.42 Å². The Morgan fingerprint density at radius 3 is 2.94 bits per heavy atom. The molecule has 0 bridgehead atoms. The lowest BCUT2D eigenvalue weighted by atomic mass is 10.2. The largest absolute Gasteiger partial charge is 0.393 e. The van der Waals surface area contributed by atoms with Crippen molar-refractivity contribution in [1.29, 1.82) is 0 Å². The van der Waals surface area contributed by atoms with Gasteiger partial charge in [0, 0.05) is 19.0 Å². The third kappa shape index (κ3) is 4.37. The Hall–Kier alpha value is -1.56. The zero-order chi connectivity index (χ0) is 13.5. The highest BCUT2D eigenvalue weighted by Crippen LogP contribution is 2.21. The van der Waals surface area contributed by atoms with Gasteiger partial charge in [-0.1, -0.05) is 18.5 Å². The summed E-state index contributed by atoms with van der Waals surface area (Å²) < 4.78 is 0. The van der Waals surface area contributed by atoms with Gasteiger partial charge in [0.05, 0.1) is 0 Å². The summed E-state index contributed by atoms with van der Waals surface area (Å²) in [6.07, 6.45) is 2.58. The molecule has 18 heavy (non-hydrogen) atoms. The maximum atomic E-state index is 11.5. The summed E-state index contributed by atoms with van der Waals surface area (Å²) in [4.78, 5) is 19.2. The molecule has 7 heteroatoms. The summed E-state index contributed by atoms with van der Waals surface area (Å²) in [7, 11) is 0. The molecule has 0 saturated heterocycles. The number of hydrogen-bond acceptors (Lipinski definition) is 5. The van der Waals surface area contributed by atoms with Crippen LogP contribution in [-0.2, 0) is 4.79 Å². The number of nitrogens with one attached hydrogen (secondary N) is 2. The van der Waals surface area contributed by atoms with Gasteiger partial charge in [-0.2, -0.15) is 0 Å². The van der Waals surface area contributed by atoms with Crippen LogP contribution in [0.2, 0.25) is 5.15 Å². The highest BCUT2D eigenvalue weighted by Gasteiger charge is 2.07. The number of nitrogen functional groups attached to an aromatic ring is 1. The van der Waals surface area contributed by atoms with Crippen molar-refractivity contribution in [2.24, 2.45) is 0 Å². The van der Waals surface area contributed by atoms with Gasteiger partial charge in [-0.3, -0.25) is 4.79 Å². The van der Waals surface area contributed by atoms with Gasteiger partial charge in [-0.15, -0.1) is 0 Å². The smallest absolute Gasteiger partial charge is 0.221 e. The summed E-state index contributed by atoms with van der Waals surface area (Å²) in [5.41, 5.74) is 5.97.